The van der Waals surface area contributed by atoms with Crippen LogP contribution >= 0.6 is 0 Å². The summed E-state index contributed by atoms with van der Waals surface area (Å²) in [6.07, 6.45) is -2.61. The van der Waals surface area contributed by atoms with Crippen molar-refractivity contribution in [1.82, 2.24) is 14.3 Å². The Hall–Kier alpha value is -2.62. The molecule has 1 amide bonds. The van der Waals surface area contributed by atoms with Gasteiger partial charge in [-0.2, -0.15) is 0 Å². The zero-order valence-electron chi connectivity index (χ0n) is 22.6. The third kappa shape index (κ3) is 2.97. The summed E-state index contributed by atoms with van der Waals surface area (Å²) in [6, 6.07) is 5.49. The molecule has 0 radical (unpaired) electrons. The lowest BCUT2D eigenvalue weighted by atomic mass is 10.1. The standard InChI is InChI=1S/C19H21N3O/c1-13-5-8-15(9-6-13)19-16(11-18(23)21(3)4)22-12-14(2)7-10-17(22)20-19/h5-10,12H,11H2,1-4H3/i2D3,3D3,7D,10D,11D,12D. The molecule has 2 aromatic heterocycles. The van der Waals surface area contributed by atoms with Crippen LogP contribution in [0.2, 0.25) is 0 Å². The number of benzene rings is 1. The summed E-state index contributed by atoms with van der Waals surface area (Å²) in [5.74, 6) is -1.12. The molecule has 2 heterocycles. The first kappa shape index (κ1) is 7.30. The molecule has 0 saturated carbocycles. The van der Waals surface area contributed by atoms with E-state index >= 15 is 0 Å². The van der Waals surface area contributed by atoms with E-state index < -0.39 is 50.0 Å². The molecule has 1 unspecified atom stereocenters. The van der Waals surface area contributed by atoms with Crippen LogP contribution in [0.5, 0.6) is 0 Å². The summed E-state index contributed by atoms with van der Waals surface area (Å²) < 4.78 is 79.9. The van der Waals surface area contributed by atoms with Crippen LogP contribution in [0.1, 0.15) is 30.5 Å². The van der Waals surface area contributed by atoms with Crippen LogP contribution in [0, 0.1) is 13.8 Å². The molecule has 0 aliphatic carbocycles. The highest BCUT2D eigenvalue weighted by atomic mass is 16.2. The maximum Gasteiger partial charge on any atom is 0.228 e. The van der Waals surface area contributed by atoms with Gasteiger partial charge in [0.25, 0.3) is 0 Å². The number of likely N-dealkylation sites (N-methyl/N-ethyl adjacent to an activating group) is 1. The van der Waals surface area contributed by atoms with E-state index in [9.17, 15) is 4.79 Å². The van der Waals surface area contributed by atoms with Gasteiger partial charge in [0.15, 0.2) is 0 Å². The van der Waals surface area contributed by atoms with E-state index in [1.165, 1.54) is 0 Å². The van der Waals surface area contributed by atoms with Crippen LogP contribution in [-0.2, 0) is 11.2 Å². The molecule has 0 aliphatic rings. The predicted molar refractivity (Wildman–Crippen MR) is 92.5 cm³/mol. The van der Waals surface area contributed by atoms with E-state index in [0.717, 1.165) is 17.0 Å². The summed E-state index contributed by atoms with van der Waals surface area (Å²) in [5.41, 5.74) is 0.0975. The molecular weight excluding hydrogens is 286 g/mol. The number of rotatable bonds is 3. The van der Waals surface area contributed by atoms with Gasteiger partial charge in [0.2, 0.25) is 5.91 Å². The van der Waals surface area contributed by atoms with Crippen LogP contribution in [0.3, 0.4) is 0 Å². The minimum absolute atomic E-state index is 0.0198. The van der Waals surface area contributed by atoms with Crippen LogP contribution in [0.15, 0.2) is 42.5 Å². The summed E-state index contributed by atoms with van der Waals surface area (Å²) in [6.45, 7) is -3.90. The Labute approximate surface area is 150 Å². The Kier molecular flexibility index (Phi) is 1.87. The van der Waals surface area contributed by atoms with Crippen LogP contribution in [0.4, 0.5) is 0 Å². The largest absolute Gasteiger partial charge is 0.348 e. The number of hydrogen-bond donors (Lipinski definition) is 0. The molecule has 1 aromatic carbocycles. The van der Waals surface area contributed by atoms with Crippen LogP contribution in [0.25, 0.3) is 16.9 Å². The van der Waals surface area contributed by atoms with Crippen molar-refractivity contribution in [3.05, 3.63) is 59.3 Å². The Bertz CT molecular complexity index is 1230. The Morgan fingerprint density at radius 3 is 2.83 bits per heavy atom. The fourth-order valence-corrected chi connectivity index (χ4v) is 2.16. The summed E-state index contributed by atoms with van der Waals surface area (Å²) in [5, 5.41) is 0. The van der Waals surface area contributed by atoms with Crippen molar-refractivity contribution >= 4 is 11.6 Å². The monoisotopic (exact) mass is 317 g/mol. The molecule has 0 N–H and O–H groups in total. The van der Waals surface area contributed by atoms with Gasteiger partial charge in [-0.25, -0.2) is 4.98 Å². The van der Waals surface area contributed by atoms with Gasteiger partial charge >= 0.3 is 0 Å². The number of aromatic nitrogens is 2. The molecule has 118 valence electrons. The normalized spacial score (nSPS) is 19.7. The number of carbonyl (C=O) groups excluding carboxylic acids is 1. The van der Waals surface area contributed by atoms with Gasteiger partial charge in [0, 0.05) is 35.4 Å². The number of amides is 1. The molecule has 4 nitrogen and oxygen atoms in total. The molecular formula is C19H21N3O. The highest BCUT2D eigenvalue weighted by Crippen LogP contribution is 2.26. The second kappa shape index (κ2) is 5.88. The van der Waals surface area contributed by atoms with Crippen molar-refractivity contribution in [2.45, 2.75) is 20.2 Å². The number of fused-ring (bicyclic) bond motifs is 1. The molecule has 0 saturated heterocycles. The predicted octanol–water partition coefficient (Wildman–Crippen LogP) is 3.25. The lowest BCUT2D eigenvalue weighted by Crippen LogP contribution is -2.24. The minimum atomic E-state index is -2.92. The lowest BCUT2D eigenvalue weighted by molar-refractivity contribution is -0.128. The maximum atomic E-state index is 12.9. The number of carbonyl (C=O) groups is 1. The van der Waals surface area contributed by atoms with Gasteiger partial charge < -0.3 is 9.30 Å². The molecule has 4 heteroatoms. The summed E-state index contributed by atoms with van der Waals surface area (Å²) >= 11 is 0. The number of nitrogens with zero attached hydrogens (tertiary/aromatic N) is 3. The first-order chi connectivity index (χ1) is 15.1. The van der Waals surface area contributed by atoms with Crippen molar-refractivity contribution in [3.63, 3.8) is 0 Å². The second-order valence-electron chi connectivity index (χ2n) is 5.15. The minimum Gasteiger partial charge on any atom is -0.348 e. The van der Waals surface area contributed by atoms with Crippen molar-refractivity contribution in [1.29, 1.82) is 0 Å². The molecule has 0 aliphatic heterocycles. The van der Waals surface area contributed by atoms with E-state index in [1.54, 1.807) is 24.3 Å². The lowest BCUT2D eigenvalue weighted by Gasteiger charge is -2.11. The van der Waals surface area contributed by atoms with E-state index in [-0.39, 0.29) is 17.0 Å². The van der Waals surface area contributed by atoms with Crippen molar-refractivity contribution < 1.29 is 18.5 Å². The van der Waals surface area contributed by atoms with Crippen LogP contribution < -0.4 is 0 Å². The van der Waals surface area contributed by atoms with Crippen LogP contribution in [-0.4, -0.2) is 34.2 Å². The van der Waals surface area contributed by atoms with Gasteiger partial charge in [0.1, 0.15) is 5.65 Å². The highest BCUT2D eigenvalue weighted by Gasteiger charge is 2.18. The topological polar surface area (TPSA) is 37.6 Å². The van der Waals surface area contributed by atoms with E-state index in [4.69, 9.17) is 13.7 Å². The number of imidazole rings is 1. The molecule has 3 rings (SSSR count). The zero-order valence-corrected chi connectivity index (χ0v) is 12.6. The van der Waals surface area contributed by atoms with Gasteiger partial charge in [-0.1, -0.05) is 35.9 Å². The third-order valence-corrected chi connectivity index (χ3v) is 3.35. The number of pyridine rings is 1. The molecule has 0 spiro atoms. The first-order valence-electron chi connectivity index (χ1n) is 11.9. The average Bonchev–Trinajstić information content (AvgIpc) is 3.10. The van der Waals surface area contributed by atoms with Gasteiger partial charge in [0.05, 0.1) is 21.9 Å². The fraction of sp³-hybridized carbons (Fsp3) is 0.263. The van der Waals surface area contributed by atoms with Crippen molar-refractivity contribution in [3.8, 4) is 11.3 Å². The third-order valence-electron chi connectivity index (χ3n) is 3.35. The summed E-state index contributed by atoms with van der Waals surface area (Å²) in [4.78, 5) is 17.6. The fourth-order valence-electron chi connectivity index (χ4n) is 2.16. The van der Waals surface area contributed by atoms with Gasteiger partial charge in [-0.3, -0.25) is 4.79 Å². The van der Waals surface area contributed by atoms with Crippen molar-refractivity contribution in [2.75, 3.05) is 14.0 Å². The SMILES string of the molecule is [2H]c1c(C([2H])([2H])[2H])c([2H])n2c(C([2H])C(=O)N(C)C([2H])([2H])[2H])c(-c3ccc(C)cc3)nc2c1[2H]. The van der Waals surface area contributed by atoms with Gasteiger partial charge in [-0.05, 0) is 25.4 Å². The quantitative estimate of drug-likeness (QED) is 0.743. The van der Waals surface area contributed by atoms with E-state index in [1.807, 2.05) is 6.92 Å². The van der Waals surface area contributed by atoms with Crippen molar-refractivity contribution in [2.24, 2.45) is 0 Å². The molecule has 0 fully saturated rings. The molecule has 3 aromatic rings. The Morgan fingerprint density at radius 1 is 1.35 bits per heavy atom. The van der Waals surface area contributed by atoms with E-state index in [2.05, 4.69) is 4.98 Å². The smallest absolute Gasteiger partial charge is 0.228 e. The molecule has 23 heavy (non-hydrogen) atoms. The first-order valence-corrected chi connectivity index (χ1v) is 6.87. The second-order valence-corrected chi connectivity index (χ2v) is 5.15. The number of hydrogen-bond acceptors (Lipinski definition) is 2. The summed E-state index contributed by atoms with van der Waals surface area (Å²) in [7, 11) is 1.01. The highest BCUT2D eigenvalue weighted by molar-refractivity contribution is 5.81. The zero-order chi connectivity index (χ0) is 25.0. The molecule has 0 bridgehead atoms. The Morgan fingerprint density at radius 2 is 2.13 bits per heavy atom. The average molecular weight is 317 g/mol. The van der Waals surface area contributed by atoms with Gasteiger partial charge in [-0.15, -0.1) is 0 Å². The number of aryl methyl sites for hydroxylation is 1. The molecule has 1 atom stereocenters. The maximum absolute atomic E-state index is 12.9. The van der Waals surface area contributed by atoms with E-state index in [0.29, 0.717) is 10.5 Å². The Balaban J connectivity index is 2.44.